The van der Waals surface area contributed by atoms with E-state index in [9.17, 15) is 9.59 Å². The van der Waals surface area contributed by atoms with Crippen molar-refractivity contribution in [2.45, 2.75) is 19.8 Å². The van der Waals surface area contributed by atoms with Gasteiger partial charge in [0.05, 0.1) is 24.1 Å². The highest BCUT2D eigenvalue weighted by Gasteiger charge is 2.54. The molecular weight excluding hydrogens is 284 g/mol. The average Bonchev–Trinajstić information content (AvgIpc) is 3.10. The number of aryl methyl sites for hydroxylation is 1. The zero-order valence-electron chi connectivity index (χ0n) is 13.0. The number of amides is 2. The van der Waals surface area contributed by atoms with Crippen molar-refractivity contribution in [3.05, 3.63) is 17.5 Å². The number of rotatable bonds is 3. The molecule has 1 aromatic rings. The molecule has 1 aromatic heterocycles. The van der Waals surface area contributed by atoms with Gasteiger partial charge in [-0.25, -0.2) is 0 Å². The van der Waals surface area contributed by atoms with E-state index in [2.05, 4.69) is 15.5 Å². The first-order valence-electron chi connectivity index (χ1n) is 7.64. The molecule has 7 nitrogen and oxygen atoms in total. The van der Waals surface area contributed by atoms with E-state index in [1.165, 1.54) is 0 Å². The molecule has 7 heteroatoms. The van der Waals surface area contributed by atoms with Crippen LogP contribution in [0.3, 0.4) is 0 Å². The van der Waals surface area contributed by atoms with Crippen molar-refractivity contribution < 1.29 is 14.3 Å². The lowest BCUT2D eigenvalue weighted by Crippen LogP contribution is -2.49. The number of ether oxygens (including phenoxy) is 1. The topological polar surface area (TPSA) is 87.3 Å². The van der Waals surface area contributed by atoms with Crippen molar-refractivity contribution >= 4 is 11.8 Å². The maximum atomic E-state index is 12.5. The molecule has 3 rings (SSSR count). The van der Waals surface area contributed by atoms with Crippen LogP contribution in [0.1, 0.15) is 17.8 Å². The Morgan fingerprint density at radius 1 is 1.59 bits per heavy atom. The summed E-state index contributed by atoms with van der Waals surface area (Å²) >= 11 is 0. The van der Waals surface area contributed by atoms with Gasteiger partial charge < -0.3 is 15.0 Å². The Morgan fingerprint density at radius 2 is 2.41 bits per heavy atom. The van der Waals surface area contributed by atoms with E-state index in [1.54, 1.807) is 11.9 Å². The van der Waals surface area contributed by atoms with Gasteiger partial charge in [0.25, 0.3) is 0 Å². The van der Waals surface area contributed by atoms with Gasteiger partial charge in [-0.05, 0) is 19.4 Å². The quantitative estimate of drug-likeness (QED) is 0.814. The molecule has 0 saturated carbocycles. The van der Waals surface area contributed by atoms with Gasteiger partial charge in [0.1, 0.15) is 0 Å². The van der Waals surface area contributed by atoms with E-state index in [0.29, 0.717) is 32.7 Å². The zero-order chi connectivity index (χ0) is 15.7. The highest BCUT2D eigenvalue weighted by Crippen LogP contribution is 2.42. The summed E-state index contributed by atoms with van der Waals surface area (Å²) in [4.78, 5) is 26.7. The number of fused-ring (bicyclic) bond motifs is 1. The van der Waals surface area contributed by atoms with Gasteiger partial charge in [0.15, 0.2) is 0 Å². The van der Waals surface area contributed by atoms with Crippen LogP contribution in [-0.4, -0.2) is 60.3 Å². The monoisotopic (exact) mass is 306 g/mol. The van der Waals surface area contributed by atoms with Crippen LogP contribution in [0.15, 0.2) is 6.07 Å². The molecular formula is C15H22N4O3. The van der Waals surface area contributed by atoms with Crippen molar-refractivity contribution in [2.75, 3.05) is 33.4 Å². The van der Waals surface area contributed by atoms with Crippen LogP contribution in [0.4, 0.5) is 0 Å². The van der Waals surface area contributed by atoms with E-state index in [1.807, 2.05) is 13.0 Å². The summed E-state index contributed by atoms with van der Waals surface area (Å²) in [5.74, 6) is 0.113. The lowest BCUT2D eigenvalue weighted by atomic mass is 9.73. The fourth-order valence-corrected chi connectivity index (χ4v) is 3.59. The average molecular weight is 306 g/mol. The molecule has 0 spiro atoms. The molecule has 0 unspecified atom stereocenters. The van der Waals surface area contributed by atoms with Crippen LogP contribution >= 0.6 is 0 Å². The van der Waals surface area contributed by atoms with Crippen molar-refractivity contribution in [1.29, 1.82) is 0 Å². The lowest BCUT2D eigenvalue weighted by Gasteiger charge is -2.36. The van der Waals surface area contributed by atoms with E-state index in [4.69, 9.17) is 4.74 Å². The second-order valence-corrected chi connectivity index (χ2v) is 6.25. The maximum Gasteiger partial charge on any atom is 0.228 e. The highest BCUT2D eigenvalue weighted by molar-refractivity contribution is 5.86. The summed E-state index contributed by atoms with van der Waals surface area (Å²) in [7, 11) is 1.65. The zero-order valence-corrected chi connectivity index (χ0v) is 13.0. The molecule has 0 aromatic carbocycles. The summed E-state index contributed by atoms with van der Waals surface area (Å²) in [6.45, 7) is 4.07. The molecule has 3 heterocycles. The van der Waals surface area contributed by atoms with Gasteiger partial charge in [0, 0.05) is 38.4 Å². The van der Waals surface area contributed by atoms with Crippen LogP contribution in [0.25, 0.3) is 0 Å². The Kier molecular flexibility index (Phi) is 3.90. The normalized spacial score (nSPS) is 27.5. The number of aromatic nitrogens is 2. The van der Waals surface area contributed by atoms with E-state index < -0.39 is 5.41 Å². The number of H-pyrrole nitrogens is 1. The van der Waals surface area contributed by atoms with Gasteiger partial charge in [-0.15, -0.1) is 0 Å². The SMILES string of the molecule is CNC(=O)[C@]12CCOC[C@H]1CN(C(=O)Cc1cc(C)[nH]n1)C2. The Labute approximate surface area is 129 Å². The Bertz CT molecular complexity index is 585. The lowest BCUT2D eigenvalue weighted by molar-refractivity contribution is -0.139. The largest absolute Gasteiger partial charge is 0.381 e. The fourth-order valence-electron chi connectivity index (χ4n) is 3.59. The molecule has 2 saturated heterocycles. The molecule has 2 aliphatic rings. The van der Waals surface area contributed by atoms with Crippen LogP contribution in [0.5, 0.6) is 0 Å². The number of nitrogens with zero attached hydrogens (tertiary/aromatic N) is 2. The number of carbonyl (C=O) groups excluding carboxylic acids is 2. The van der Waals surface area contributed by atoms with Crippen molar-refractivity contribution in [3.63, 3.8) is 0 Å². The predicted molar refractivity (Wildman–Crippen MR) is 79.0 cm³/mol. The van der Waals surface area contributed by atoms with Gasteiger partial charge >= 0.3 is 0 Å². The molecule has 2 amide bonds. The summed E-state index contributed by atoms with van der Waals surface area (Å²) in [5, 5.41) is 9.71. The molecule has 120 valence electrons. The number of nitrogens with one attached hydrogen (secondary N) is 2. The third-order valence-electron chi connectivity index (χ3n) is 4.83. The molecule has 0 radical (unpaired) electrons. The second-order valence-electron chi connectivity index (χ2n) is 6.25. The third kappa shape index (κ3) is 2.49. The molecule has 2 atom stereocenters. The number of carbonyl (C=O) groups is 2. The fraction of sp³-hybridized carbons (Fsp3) is 0.667. The van der Waals surface area contributed by atoms with Gasteiger partial charge in [-0.3, -0.25) is 14.7 Å². The van der Waals surface area contributed by atoms with Gasteiger partial charge in [-0.2, -0.15) is 5.10 Å². The van der Waals surface area contributed by atoms with Crippen molar-refractivity contribution in [2.24, 2.45) is 11.3 Å². The third-order valence-corrected chi connectivity index (χ3v) is 4.83. The second kappa shape index (κ2) is 5.72. The molecule has 2 aliphatic heterocycles. The smallest absolute Gasteiger partial charge is 0.228 e. The minimum atomic E-state index is -0.496. The Morgan fingerprint density at radius 3 is 3.09 bits per heavy atom. The number of hydrogen-bond donors (Lipinski definition) is 2. The van der Waals surface area contributed by atoms with Gasteiger partial charge in [0.2, 0.25) is 11.8 Å². The number of aromatic amines is 1. The number of hydrogen-bond acceptors (Lipinski definition) is 4. The molecule has 0 aliphatic carbocycles. The van der Waals surface area contributed by atoms with E-state index >= 15 is 0 Å². The Hall–Kier alpha value is -1.89. The first-order chi connectivity index (χ1) is 10.5. The summed E-state index contributed by atoms with van der Waals surface area (Å²) in [6.07, 6.45) is 0.935. The van der Waals surface area contributed by atoms with Gasteiger partial charge in [-0.1, -0.05) is 0 Å². The maximum absolute atomic E-state index is 12.5. The highest BCUT2D eigenvalue weighted by atomic mass is 16.5. The van der Waals surface area contributed by atoms with Crippen LogP contribution < -0.4 is 5.32 Å². The minimum Gasteiger partial charge on any atom is -0.381 e. The predicted octanol–water partition coefficient (Wildman–Crippen LogP) is -0.128. The van der Waals surface area contributed by atoms with E-state index in [-0.39, 0.29) is 24.2 Å². The first-order valence-corrected chi connectivity index (χ1v) is 7.64. The standard InChI is InChI=1S/C15H22N4O3/c1-10-5-12(18-17-10)6-13(20)19-7-11-8-22-4-3-15(11,9-19)14(21)16-2/h5,11H,3-4,6-9H2,1-2H3,(H,16,21)(H,17,18)/t11-,15+/m1/s1. The minimum absolute atomic E-state index is 0.0178. The molecule has 2 fully saturated rings. The van der Waals surface area contributed by atoms with E-state index in [0.717, 1.165) is 11.4 Å². The number of likely N-dealkylation sites (tertiary alicyclic amines) is 1. The first kappa shape index (κ1) is 15.0. The molecule has 2 N–H and O–H groups in total. The molecule has 0 bridgehead atoms. The summed E-state index contributed by atoms with van der Waals surface area (Å²) in [5.41, 5.74) is 1.18. The summed E-state index contributed by atoms with van der Waals surface area (Å²) in [6, 6.07) is 1.87. The van der Waals surface area contributed by atoms with Crippen LogP contribution in [0.2, 0.25) is 0 Å². The Balaban J connectivity index is 1.73. The summed E-state index contributed by atoms with van der Waals surface area (Å²) < 4.78 is 5.52. The van der Waals surface area contributed by atoms with Crippen LogP contribution in [0, 0.1) is 18.3 Å². The molecule has 22 heavy (non-hydrogen) atoms. The van der Waals surface area contributed by atoms with Crippen LogP contribution in [-0.2, 0) is 20.7 Å². The van der Waals surface area contributed by atoms with Crippen molar-refractivity contribution in [1.82, 2.24) is 20.4 Å². The van der Waals surface area contributed by atoms with Crippen molar-refractivity contribution in [3.8, 4) is 0 Å².